The van der Waals surface area contributed by atoms with Crippen LogP contribution < -0.4 is 10.2 Å². The van der Waals surface area contributed by atoms with Gasteiger partial charge in [0.1, 0.15) is 5.69 Å². The molecule has 110 valence electrons. The Kier molecular flexibility index (Phi) is 5.03. The molecule has 2 rings (SSSR count). The highest BCUT2D eigenvalue weighted by Crippen LogP contribution is 2.31. The largest absolute Gasteiger partial charge is 0.390 e. The maximum Gasteiger partial charge on any atom is 0.292 e. The second-order valence-electron chi connectivity index (χ2n) is 4.84. The topological polar surface area (TPSA) is 78.6 Å². The van der Waals surface area contributed by atoms with Gasteiger partial charge in [0.05, 0.1) is 16.9 Å². The van der Waals surface area contributed by atoms with Crippen molar-refractivity contribution in [3.05, 3.63) is 28.3 Å². The number of benzene rings is 1. The number of aliphatic hydroxyl groups is 1. The number of hydrogen-bond acceptors (Lipinski definition) is 5. The molecule has 1 aromatic rings. The molecule has 0 amide bonds. The van der Waals surface area contributed by atoms with Gasteiger partial charge in [0.25, 0.3) is 5.69 Å². The molecule has 0 saturated carbocycles. The predicted molar refractivity (Wildman–Crippen MR) is 79.8 cm³/mol. The van der Waals surface area contributed by atoms with Gasteiger partial charge in [-0.2, -0.15) is 0 Å². The Hall–Kier alpha value is -1.53. The Morgan fingerprint density at radius 3 is 2.75 bits per heavy atom. The van der Waals surface area contributed by atoms with E-state index in [1.165, 1.54) is 6.07 Å². The highest BCUT2D eigenvalue weighted by Gasteiger charge is 2.19. The highest BCUT2D eigenvalue weighted by atomic mass is 35.5. The van der Waals surface area contributed by atoms with Gasteiger partial charge in [0.15, 0.2) is 0 Å². The van der Waals surface area contributed by atoms with E-state index in [2.05, 4.69) is 10.2 Å². The molecule has 20 heavy (non-hydrogen) atoms. The molecule has 1 heterocycles. The van der Waals surface area contributed by atoms with Crippen LogP contribution in [-0.2, 0) is 0 Å². The van der Waals surface area contributed by atoms with Crippen LogP contribution in [0.15, 0.2) is 18.2 Å². The fraction of sp³-hybridized carbons (Fsp3) is 0.538. The second kappa shape index (κ2) is 6.76. The van der Waals surface area contributed by atoms with Gasteiger partial charge in [-0.05, 0) is 25.0 Å². The van der Waals surface area contributed by atoms with E-state index in [9.17, 15) is 15.2 Å². The van der Waals surface area contributed by atoms with Crippen LogP contribution >= 0.6 is 11.6 Å². The summed E-state index contributed by atoms with van der Waals surface area (Å²) in [5.41, 5.74) is 1.40. The average molecular weight is 300 g/mol. The highest BCUT2D eigenvalue weighted by molar-refractivity contribution is 6.18. The van der Waals surface area contributed by atoms with Crippen LogP contribution in [0, 0.1) is 10.1 Å². The van der Waals surface area contributed by atoms with Gasteiger partial charge in [0, 0.05) is 31.4 Å². The third kappa shape index (κ3) is 3.52. The van der Waals surface area contributed by atoms with Gasteiger partial charge in [-0.25, -0.2) is 0 Å². The monoisotopic (exact) mass is 299 g/mol. The first-order valence-corrected chi connectivity index (χ1v) is 7.16. The molecule has 1 aliphatic heterocycles. The lowest BCUT2D eigenvalue weighted by Crippen LogP contribution is -2.22. The Balaban J connectivity index is 2.19. The molecule has 0 aromatic heterocycles. The molecule has 2 N–H and O–H groups in total. The molecule has 1 atom stereocenters. The van der Waals surface area contributed by atoms with E-state index in [0.717, 1.165) is 31.6 Å². The minimum atomic E-state index is -0.730. The number of nitrogens with zero attached hydrogens (tertiary/aromatic N) is 2. The number of aliphatic hydroxyl groups excluding tert-OH is 1. The second-order valence-corrected chi connectivity index (χ2v) is 5.15. The lowest BCUT2D eigenvalue weighted by molar-refractivity contribution is -0.383. The zero-order valence-corrected chi connectivity index (χ0v) is 11.8. The molecule has 0 radical (unpaired) electrons. The average Bonchev–Trinajstić information content (AvgIpc) is 2.98. The summed E-state index contributed by atoms with van der Waals surface area (Å²) in [4.78, 5) is 12.8. The van der Waals surface area contributed by atoms with Crippen LogP contribution in [0.5, 0.6) is 0 Å². The third-order valence-corrected chi connectivity index (χ3v) is 3.71. The minimum absolute atomic E-state index is 0.00900. The molecule has 0 bridgehead atoms. The van der Waals surface area contributed by atoms with Crippen molar-refractivity contribution in [3.8, 4) is 0 Å². The number of anilines is 2. The summed E-state index contributed by atoms with van der Waals surface area (Å²) in [6, 6.07) is 5.04. The quantitative estimate of drug-likeness (QED) is 0.478. The van der Waals surface area contributed by atoms with E-state index in [1.54, 1.807) is 12.1 Å². The molecule has 1 aliphatic rings. The van der Waals surface area contributed by atoms with Crippen LogP contribution in [0.4, 0.5) is 17.1 Å². The summed E-state index contributed by atoms with van der Waals surface area (Å²) < 4.78 is 0. The van der Waals surface area contributed by atoms with Gasteiger partial charge in [-0.15, -0.1) is 11.6 Å². The summed E-state index contributed by atoms with van der Waals surface area (Å²) in [6.07, 6.45) is 1.56. The van der Waals surface area contributed by atoms with E-state index >= 15 is 0 Å². The molecule has 0 spiro atoms. The molecular weight excluding hydrogens is 282 g/mol. The van der Waals surface area contributed by atoms with E-state index < -0.39 is 11.0 Å². The van der Waals surface area contributed by atoms with E-state index in [1.807, 2.05) is 0 Å². The van der Waals surface area contributed by atoms with Gasteiger partial charge in [0.2, 0.25) is 0 Å². The molecule has 7 heteroatoms. The summed E-state index contributed by atoms with van der Waals surface area (Å²) in [6.45, 7) is 2.14. The number of nitro groups is 1. The van der Waals surface area contributed by atoms with Crippen molar-refractivity contribution >= 4 is 28.7 Å². The Morgan fingerprint density at radius 2 is 2.15 bits per heavy atom. The molecule has 1 unspecified atom stereocenters. The van der Waals surface area contributed by atoms with Crippen LogP contribution in [-0.4, -0.2) is 41.6 Å². The SMILES string of the molecule is O=[N+]([O-])c1ccc(N2CCCC2)cc1NCC(O)CCl. The molecule has 1 aromatic carbocycles. The number of nitro benzene ring substituents is 1. The Morgan fingerprint density at radius 1 is 1.45 bits per heavy atom. The fourth-order valence-electron chi connectivity index (χ4n) is 2.28. The first-order chi connectivity index (χ1) is 9.61. The maximum absolute atomic E-state index is 11.0. The van der Waals surface area contributed by atoms with E-state index in [0.29, 0.717) is 5.69 Å². The third-order valence-electron chi connectivity index (χ3n) is 3.35. The number of alkyl halides is 1. The summed E-state index contributed by atoms with van der Waals surface area (Å²) in [5, 5.41) is 23.4. The van der Waals surface area contributed by atoms with Crippen LogP contribution in [0.2, 0.25) is 0 Å². The minimum Gasteiger partial charge on any atom is -0.390 e. The van der Waals surface area contributed by atoms with Crippen LogP contribution in [0.25, 0.3) is 0 Å². The first kappa shape index (κ1) is 14.9. The maximum atomic E-state index is 11.0. The van der Waals surface area contributed by atoms with Crippen molar-refractivity contribution in [2.75, 3.05) is 35.7 Å². The van der Waals surface area contributed by atoms with Gasteiger partial charge >= 0.3 is 0 Å². The molecular formula is C13H18ClN3O3. The Bertz CT molecular complexity index is 478. The van der Waals surface area contributed by atoms with Crippen LogP contribution in [0.1, 0.15) is 12.8 Å². The van der Waals surface area contributed by atoms with E-state index in [-0.39, 0.29) is 18.1 Å². The van der Waals surface area contributed by atoms with Crippen molar-refractivity contribution in [3.63, 3.8) is 0 Å². The Labute approximate surface area is 122 Å². The zero-order chi connectivity index (χ0) is 14.5. The summed E-state index contributed by atoms with van der Waals surface area (Å²) in [7, 11) is 0. The summed E-state index contributed by atoms with van der Waals surface area (Å²) >= 11 is 5.52. The molecule has 6 nitrogen and oxygen atoms in total. The smallest absolute Gasteiger partial charge is 0.292 e. The van der Waals surface area contributed by atoms with E-state index in [4.69, 9.17) is 11.6 Å². The number of halogens is 1. The van der Waals surface area contributed by atoms with Crippen molar-refractivity contribution in [2.45, 2.75) is 18.9 Å². The fourth-order valence-corrected chi connectivity index (χ4v) is 2.39. The normalized spacial score (nSPS) is 16.2. The van der Waals surface area contributed by atoms with Gasteiger partial charge < -0.3 is 15.3 Å². The lowest BCUT2D eigenvalue weighted by atomic mass is 10.2. The number of hydrogen-bond donors (Lipinski definition) is 2. The van der Waals surface area contributed by atoms with Crippen molar-refractivity contribution in [1.29, 1.82) is 0 Å². The van der Waals surface area contributed by atoms with Gasteiger partial charge in [-0.3, -0.25) is 10.1 Å². The predicted octanol–water partition coefficient (Wildman–Crippen LogP) is 2.21. The van der Waals surface area contributed by atoms with Crippen molar-refractivity contribution < 1.29 is 10.0 Å². The molecule has 1 saturated heterocycles. The number of rotatable bonds is 6. The van der Waals surface area contributed by atoms with Crippen molar-refractivity contribution in [2.24, 2.45) is 0 Å². The lowest BCUT2D eigenvalue weighted by Gasteiger charge is -2.19. The number of nitrogens with one attached hydrogen (secondary N) is 1. The first-order valence-electron chi connectivity index (χ1n) is 6.63. The molecule has 0 aliphatic carbocycles. The molecule has 1 fully saturated rings. The van der Waals surface area contributed by atoms with Gasteiger partial charge in [-0.1, -0.05) is 0 Å². The standard InChI is InChI=1S/C13H18ClN3O3/c14-8-11(18)9-15-12-7-10(16-5-1-2-6-16)3-4-13(12)17(19)20/h3-4,7,11,15,18H,1-2,5-6,8-9H2. The zero-order valence-electron chi connectivity index (χ0n) is 11.1. The van der Waals surface area contributed by atoms with Crippen molar-refractivity contribution in [1.82, 2.24) is 0 Å². The van der Waals surface area contributed by atoms with Crippen LogP contribution in [0.3, 0.4) is 0 Å². The summed E-state index contributed by atoms with van der Waals surface area (Å²) in [5.74, 6) is 0.0899.